The van der Waals surface area contributed by atoms with E-state index in [4.69, 9.17) is 0 Å². The molecule has 1 aromatic heterocycles. The molecule has 0 radical (unpaired) electrons. The number of hydrogen-bond acceptors (Lipinski definition) is 2. The summed E-state index contributed by atoms with van der Waals surface area (Å²) in [6.45, 7) is 8.89. The third-order valence-corrected chi connectivity index (χ3v) is 4.06. The Morgan fingerprint density at radius 3 is 2.53 bits per heavy atom. The molecule has 17 heavy (non-hydrogen) atoms. The van der Waals surface area contributed by atoms with E-state index >= 15 is 0 Å². The van der Waals surface area contributed by atoms with Crippen LogP contribution in [0.5, 0.6) is 0 Å². The van der Waals surface area contributed by atoms with Crippen molar-refractivity contribution in [2.75, 3.05) is 18.9 Å². The Labute approximate surface area is 113 Å². The van der Waals surface area contributed by atoms with Crippen molar-refractivity contribution in [2.24, 2.45) is 18.4 Å². The maximum Gasteiger partial charge on any atom is 0.122 e. The van der Waals surface area contributed by atoms with Crippen molar-refractivity contribution in [2.45, 2.75) is 27.3 Å². The Balaban J connectivity index is 2.54. The highest BCUT2D eigenvalue weighted by Gasteiger charge is 2.24. The monoisotopic (exact) mass is 301 g/mol. The van der Waals surface area contributed by atoms with Crippen LogP contribution >= 0.6 is 15.9 Å². The fourth-order valence-corrected chi connectivity index (χ4v) is 2.96. The van der Waals surface area contributed by atoms with Crippen molar-refractivity contribution in [3.63, 3.8) is 0 Å². The van der Waals surface area contributed by atoms with Gasteiger partial charge in [0, 0.05) is 31.3 Å². The number of aryl methyl sites for hydroxylation is 1. The molecule has 1 rings (SSSR count). The van der Waals surface area contributed by atoms with Crippen LogP contribution in [-0.4, -0.2) is 33.4 Å². The number of nitrogens with zero attached hydrogens (tertiary/aromatic N) is 3. The van der Waals surface area contributed by atoms with Gasteiger partial charge in [0.25, 0.3) is 0 Å². The number of halogens is 1. The first kappa shape index (κ1) is 14.7. The number of aromatic nitrogens is 2. The van der Waals surface area contributed by atoms with Crippen LogP contribution in [0.15, 0.2) is 12.4 Å². The summed E-state index contributed by atoms with van der Waals surface area (Å²) < 4.78 is 2.08. The van der Waals surface area contributed by atoms with E-state index in [1.54, 1.807) is 0 Å². The Morgan fingerprint density at radius 1 is 1.47 bits per heavy atom. The maximum absolute atomic E-state index is 4.36. The minimum absolute atomic E-state index is 0.333. The molecular weight excluding hydrogens is 278 g/mol. The molecule has 0 saturated heterocycles. The first-order valence-corrected chi connectivity index (χ1v) is 7.17. The lowest BCUT2D eigenvalue weighted by Crippen LogP contribution is -2.34. The molecule has 0 fully saturated rings. The average molecular weight is 302 g/mol. The largest absolute Gasteiger partial charge is 0.337 e. The van der Waals surface area contributed by atoms with Gasteiger partial charge in [-0.25, -0.2) is 4.98 Å². The van der Waals surface area contributed by atoms with E-state index < -0.39 is 0 Å². The van der Waals surface area contributed by atoms with E-state index in [0.717, 1.165) is 24.2 Å². The van der Waals surface area contributed by atoms with Crippen LogP contribution in [0.25, 0.3) is 0 Å². The van der Waals surface area contributed by atoms with Crippen LogP contribution in [0, 0.1) is 11.3 Å². The number of hydrogen-bond donors (Lipinski definition) is 0. The molecule has 4 heteroatoms. The lowest BCUT2D eigenvalue weighted by molar-refractivity contribution is 0.180. The van der Waals surface area contributed by atoms with Crippen LogP contribution in [0.2, 0.25) is 0 Å². The van der Waals surface area contributed by atoms with Gasteiger partial charge in [-0.15, -0.1) is 0 Å². The molecule has 1 heterocycles. The van der Waals surface area contributed by atoms with Crippen molar-refractivity contribution >= 4 is 15.9 Å². The van der Waals surface area contributed by atoms with Crippen molar-refractivity contribution in [3.8, 4) is 0 Å². The lowest BCUT2D eigenvalue weighted by atomic mass is 9.82. The van der Waals surface area contributed by atoms with Crippen LogP contribution < -0.4 is 0 Å². The average Bonchev–Trinajstić information content (AvgIpc) is 2.59. The van der Waals surface area contributed by atoms with Crippen LogP contribution in [-0.2, 0) is 13.6 Å². The fourth-order valence-electron chi connectivity index (χ4n) is 1.79. The molecular formula is C13H24BrN3. The number of imidazole rings is 1. The van der Waals surface area contributed by atoms with Gasteiger partial charge in [0.1, 0.15) is 5.82 Å². The molecule has 0 aliphatic rings. The second-order valence-corrected chi connectivity index (χ2v) is 6.52. The highest BCUT2D eigenvalue weighted by atomic mass is 79.9. The highest BCUT2D eigenvalue weighted by molar-refractivity contribution is 9.09. The minimum atomic E-state index is 0.333. The van der Waals surface area contributed by atoms with Crippen molar-refractivity contribution in [1.82, 2.24) is 14.5 Å². The van der Waals surface area contributed by atoms with Crippen LogP contribution in [0.1, 0.15) is 26.6 Å². The summed E-state index contributed by atoms with van der Waals surface area (Å²) in [6.07, 6.45) is 3.85. The van der Waals surface area contributed by atoms with Gasteiger partial charge in [-0.2, -0.15) is 0 Å². The second-order valence-electron chi connectivity index (χ2n) is 5.87. The summed E-state index contributed by atoms with van der Waals surface area (Å²) in [7, 11) is 4.21. The van der Waals surface area contributed by atoms with Crippen molar-refractivity contribution < 1.29 is 0 Å². The van der Waals surface area contributed by atoms with E-state index in [9.17, 15) is 0 Å². The van der Waals surface area contributed by atoms with Gasteiger partial charge in [-0.1, -0.05) is 36.7 Å². The lowest BCUT2D eigenvalue weighted by Gasteiger charge is -2.32. The first-order chi connectivity index (χ1) is 7.84. The predicted octanol–water partition coefficient (Wildman–Crippen LogP) is 2.91. The number of alkyl halides is 1. The molecule has 0 spiro atoms. The van der Waals surface area contributed by atoms with Gasteiger partial charge in [0.2, 0.25) is 0 Å². The van der Waals surface area contributed by atoms with E-state index in [-0.39, 0.29) is 0 Å². The Hall–Kier alpha value is -0.350. The van der Waals surface area contributed by atoms with Gasteiger partial charge in [-0.05, 0) is 18.4 Å². The predicted molar refractivity (Wildman–Crippen MR) is 76.3 cm³/mol. The van der Waals surface area contributed by atoms with Gasteiger partial charge in [0.15, 0.2) is 0 Å². The van der Waals surface area contributed by atoms with Gasteiger partial charge in [0.05, 0.1) is 6.54 Å². The fraction of sp³-hybridized carbons (Fsp3) is 0.769. The third kappa shape index (κ3) is 4.43. The number of rotatable bonds is 5. The molecule has 98 valence electrons. The molecule has 0 aliphatic carbocycles. The van der Waals surface area contributed by atoms with E-state index in [2.05, 4.69) is 58.2 Å². The van der Waals surface area contributed by atoms with Crippen molar-refractivity contribution in [1.29, 1.82) is 0 Å². The smallest absolute Gasteiger partial charge is 0.122 e. The normalized spacial score (nSPS) is 14.3. The zero-order chi connectivity index (χ0) is 13.1. The Kier molecular flexibility index (Phi) is 5.20. The maximum atomic E-state index is 4.36. The van der Waals surface area contributed by atoms with E-state index in [0.29, 0.717) is 11.3 Å². The summed E-state index contributed by atoms with van der Waals surface area (Å²) in [5, 5.41) is 1.04. The molecule has 0 saturated carbocycles. The second kappa shape index (κ2) is 6.01. The quantitative estimate of drug-likeness (QED) is 0.780. The molecule has 0 aromatic carbocycles. The summed E-state index contributed by atoms with van der Waals surface area (Å²) >= 11 is 3.63. The summed E-state index contributed by atoms with van der Waals surface area (Å²) in [5.41, 5.74) is 0.333. The molecule has 0 N–H and O–H groups in total. The molecule has 1 unspecified atom stereocenters. The zero-order valence-electron chi connectivity index (χ0n) is 11.6. The Bertz CT molecular complexity index is 341. The van der Waals surface area contributed by atoms with E-state index in [1.165, 1.54) is 0 Å². The van der Waals surface area contributed by atoms with Gasteiger partial charge in [-0.3, -0.25) is 4.90 Å². The standard InChI is InChI=1S/C13H24BrN3/c1-13(2,3)11(8-14)9-16(4)10-12-15-6-7-17(12)5/h6-7,11H,8-10H2,1-5H3. The summed E-state index contributed by atoms with van der Waals surface area (Å²) in [5.74, 6) is 1.77. The minimum Gasteiger partial charge on any atom is -0.337 e. The SMILES string of the molecule is CN(Cc1nccn1C)CC(CBr)C(C)(C)C. The van der Waals surface area contributed by atoms with Crippen LogP contribution in [0.4, 0.5) is 0 Å². The van der Waals surface area contributed by atoms with Gasteiger partial charge < -0.3 is 4.57 Å². The molecule has 0 bridgehead atoms. The van der Waals surface area contributed by atoms with E-state index in [1.807, 2.05) is 19.4 Å². The molecule has 1 aromatic rings. The summed E-state index contributed by atoms with van der Waals surface area (Å²) in [4.78, 5) is 6.71. The van der Waals surface area contributed by atoms with Crippen LogP contribution in [0.3, 0.4) is 0 Å². The summed E-state index contributed by atoms with van der Waals surface area (Å²) in [6, 6.07) is 0. The molecule has 0 aliphatic heterocycles. The topological polar surface area (TPSA) is 21.1 Å². The zero-order valence-corrected chi connectivity index (χ0v) is 13.2. The third-order valence-electron chi connectivity index (χ3n) is 3.28. The molecule has 1 atom stereocenters. The molecule has 3 nitrogen and oxygen atoms in total. The Morgan fingerprint density at radius 2 is 2.12 bits per heavy atom. The highest BCUT2D eigenvalue weighted by Crippen LogP contribution is 2.28. The van der Waals surface area contributed by atoms with Gasteiger partial charge >= 0.3 is 0 Å². The van der Waals surface area contributed by atoms with Crippen molar-refractivity contribution in [3.05, 3.63) is 18.2 Å². The first-order valence-electron chi connectivity index (χ1n) is 6.05. The molecule has 0 amide bonds.